The first-order chi connectivity index (χ1) is 7.77. The predicted molar refractivity (Wildman–Crippen MR) is 68.7 cm³/mol. The van der Waals surface area contributed by atoms with Gasteiger partial charge in [-0.25, -0.2) is 0 Å². The SMILES string of the molecule is C[C@H](NCC(O)c1cccs1)C1CCCC1. The van der Waals surface area contributed by atoms with E-state index in [1.165, 1.54) is 25.7 Å². The second-order valence-electron chi connectivity index (χ2n) is 4.77. The number of hydrogen-bond donors (Lipinski definition) is 2. The number of hydrogen-bond acceptors (Lipinski definition) is 3. The van der Waals surface area contributed by atoms with Gasteiger partial charge < -0.3 is 10.4 Å². The van der Waals surface area contributed by atoms with Gasteiger partial charge in [-0.3, -0.25) is 0 Å². The standard InChI is InChI=1S/C13H21NOS/c1-10(11-5-2-3-6-11)14-9-12(15)13-7-4-8-16-13/h4,7-8,10-12,14-15H,2-3,5-6,9H2,1H3/t10-,12?/m0/s1. The molecule has 0 radical (unpaired) electrons. The first-order valence-electron chi connectivity index (χ1n) is 6.22. The highest BCUT2D eigenvalue weighted by molar-refractivity contribution is 7.10. The Morgan fingerprint density at radius 3 is 2.88 bits per heavy atom. The largest absolute Gasteiger partial charge is 0.386 e. The van der Waals surface area contributed by atoms with E-state index < -0.39 is 0 Å². The highest BCUT2D eigenvalue weighted by Crippen LogP contribution is 2.27. The zero-order valence-corrected chi connectivity index (χ0v) is 10.7. The van der Waals surface area contributed by atoms with Crippen LogP contribution in [0.2, 0.25) is 0 Å². The van der Waals surface area contributed by atoms with Gasteiger partial charge in [0.15, 0.2) is 0 Å². The molecule has 0 saturated heterocycles. The Bertz CT molecular complexity index is 293. The lowest BCUT2D eigenvalue weighted by Crippen LogP contribution is -2.35. The third-order valence-electron chi connectivity index (χ3n) is 3.61. The Morgan fingerprint density at radius 2 is 2.25 bits per heavy atom. The molecule has 90 valence electrons. The van der Waals surface area contributed by atoms with Crippen LogP contribution in [0.3, 0.4) is 0 Å². The third kappa shape index (κ3) is 3.06. The predicted octanol–water partition coefficient (Wildman–Crippen LogP) is 2.95. The summed E-state index contributed by atoms with van der Waals surface area (Å²) < 4.78 is 0. The first kappa shape index (κ1) is 12.1. The van der Waals surface area contributed by atoms with Crippen molar-refractivity contribution in [3.05, 3.63) is 22.4 Å². The van der Waals surface area contributed by atoms with Crippen molar-refractivity contribution in [1.29, 1.82) is 0 Å². The second kappa shape index (κ2) is 5.80. The molecule has 2 N–H and O–H groups in total. The molecule has 1 aromatic rings. The van der Waals surface area contributed by atoms with Crippen molar-refractivity contribution in [2.24, 2.45) is 5.92 Å². The van der Waals surface area contributed by atoms with E-state index in [4.69, 9.17) is 0 Å². The Kier molecular flexibility index (Phi) is 4.38. The van der Waals surface area contributed by atoms with Crippen LogP contribution in [0.4, 0.5) is 0 Å². The molecule has 1 aliphatic carbocycles. The zero-order valence-electron chi connectivity index (χ0n) is 9.86. The molecular weight excluding hydrogens is 218 g/mol. The molecule has 0 aliphatic heterocycles. The van der Waals surface area contributed by atoms with E-state index >= 15 is 0 Å². The summed E-state index contributed by atoms with van der Waals surface area (Å²) in [6.07, 6.45) is 5.12. The Balaban J connectivity index is 1.74. The topological polar surface area (TPSA) is 32.3 Å². The van der Waals surface area contributed by atoms with E-state index in [9.17, 15) is 5.11 Å². The minimum atomic E-state index is -0.344. The number of rotatable bonds is 5. The van der Waals surface area contributed by atoms with Gasteiger partial charge in [0.25, 0.3) is 0 Å². The molecule has 3 heteroatoms. The average Bonchev–Trinajstić information content (AvgIpc) is 2.95. The number of nitrogens with one attached hydrogen (secondary N) is 1. The lowest BCUT2D eigenvalue weighted by Gasteiger charge is -2.21. The molecule has 1 heterocycles. The van der Waals surface area contributed by atoms with E-state index in [1.807, 2.05) is 17.5 Å². The fourth-order valence-corrected chi connectivity index (χ4v) is 3.21. The molecule has 16 heavy (non-hydrogen) atoms. The molecule has 0 amide bonds. The van der Waals surface area contributed by atoms with E-state index in [0.29, 0.717) is 12.6 Å². The lowest BCUT2D eigenvalue weighted by molar-refractivity contribution is 0.169. The van der Waals surface area contributed by atoms with Crippen LogP contribution < -0.4 is 5.32 Å². The van der Waals surface area contributed by atoms with Gasteiger partial charge in [0.05, 0.1) is 0 Å². The summed E-state index contributed by atoms with van der Waals surface area (Å²) in [5.74, 6) is 0.815. The summed E-state index contributed by atoms with van der Waals surface area (Å²) >= 11 is 1.62. The van der Waals surface area contributed by atoms with Crippen LogP contribution in [0, 0.1) is 5.92 Å². The molecule has 2 rings (SSSR count). The van der Waals surface area contributed by atoms with E-state index in [1.54, 1.807) is 11.3 Å². The summed E-state index contributed by atoms with van der Waals surface area (Å²) in [5, 5.41) is 15.4. The van der Waals surface area contributed by atoms with E-state index in [-0.39, 0.29) is 6.10 Å². The van der Waals surface area contributed by atoms with Gasteiger partial charge in [-0.2, -0.15) is 0 Å². The fraction of sp³-hybridized carbons (Fsp3) is 0.692. The maximum atomic E-state index is 9.95. The molecule has 1 unspecified atom stereocenters. The van der Waals surface area contributed by atoms with Crippen LogP contribution in [0.15, 0.2) is 17.5 Å². The van der Waals surface area contributed by atoms with E-state index in [0.717, 1.165) is 10.8 Å². The molecular formula is C13H21NOS. The molecule has 1 aliphatic rings. The monoisotopic (exact) mass is 239 g/mol. The minimum absolute atomic E-state index is 0.344. The highest BCUT2D eigenvalue weighted by Gasteiger charge is 2.21. The van der Waals surface area contributed by atoms with Crippen LogP contribution in [-0.2, 0) is 0 Å². The average molecular weight is 239 g/mol. The van der Waals surface area contributed by atoms with Crippen LogP contribution in [0.25, 0.3) is 0 Å². The van der Waals surface area contributed by atoms with Gasteiger partial charge in [0.1, 0.15) is 6.10 Å². The van der Waals surface area contributed by atoms with Gasteiger partial charge in [-0.1, -0.05) is 18.9 Å². The summed E-state index contributed by atoms with van der Waals surface area (Å²) in [5.41, 5.74) is 0. The summed E-state index contributed by atoms with van der Waals surface area (Å²) in [4.78, 5) is 1.06. The normalized spacial score (nSPS) is 21.1. The fourth-order valence-electron chi connectivity index (χ4n) is 2.50. The minimum Gasteiger partial charge on any atom is -0.386 e. The van der Waals surface area contributed by atoms with Crippen LogP contribution in [0.1, 0.15) is 43.6 Å². The molecule has 1 aromatic heterocycles. The molecule has 0 bridgehead atoms. The quantitative estimate of drug-likeness (QED) is 0.828. The Labute approximate surface area is 102 Å². The van der Waals surface area contributed by atoms with Gasteiger partial charge in [-0.15, -0.1) is 11.3 Å². The molecule has 0 aromatic carbocycles. The molecule has 1 fully saturated rings. The summed E-state index contributed by atoms with van der Waals surface area (Å²) in [6.45, 7) is 2.93. The van der Waals surface area contributed by atoms with Crippen molar-refractivity contribution in [3.8, 4) is 0 Å². The number of aliphatic hydroxyl groups excluding tert-OH is 1. The van der Waals surface area contributed by atoms with Crippen LogP contribution in [0.5, 0.6) is 0 Å². The summed E-state index contributed by atoms with van der Waals surface area (Å²) in [7, 11) is 0. The van der Waals surface area contributed by atoms with Crippen molar-refractivity contribution < 1.29 is 5.11 Å². The van der Waals surface area contributed by atoms with Gasteiger partial charge in [-0.05, 0) is 37.1 Å². The maximum absolute atomic E-state index is 9.95. The van der Waals surface area contributed by atoms with E-state index in [2.05, 4.69) is 12.2 Å². The van der Waals surface area contributed by atoms with Gasteiger partial charge in [0.2, 0.25) is 0 Å². The second-order valence-corrected chi connectivity index (χ2v) is 5.75. The maximum Gasteiger partial charge on any atom is 0.101 e. The molecule has 1 saturated carbocycles. The number of aliphatic hydroxyl groups is 1. The number of thiophene rings is 1. The molecule has 0 spiro atoms. The first-order valence-corrected chi connectivity index (χ1v) is 7.10. The van der Waals surface area contributed by atoms with Crippen molar-refractivity contribution >= 4 is 11.3 Å². The Hall–Kier alpha value is -0.380. The van der Waals surface area contributed by atoms with Crippen LogP contribution in [-0.4, -0.2) is 17.7 Å². The van der Waals surface area contributed by atoms with Crippen molar-refractivity contribution in [2.75, 3.05) is 6.54 Å². The van der Waals surface area contributed by atoms with Gasteiger partial charge in [0, 0.05) is 17.5 Å². The zero-order chi connectivity index (χ0) is 11.4. The molecule has 2 nitrogen and oxygen atoms in total. The Morgan fingerprint density at radius 1 is 1.50 bits per heavy atom. The van der Waals surface area contributed by atoms with Gasteiger partial charge >= 0.3 is 0 Å². The van der Waals surface area contributed by atoms with Crippen molar-refractivity contribution in [3.63, 3.8) is 0 Å². The lowest BCUT2D eigenvalue weighted by atomic mass is 10.00. The third-order valence-corrected chi connectivity index (χ3v) is 4.59. The summed E-state index contributed by atoms with van der Waals surface area (Å²) in [6, 6.07) is 4.53. The molecule has 2 atom stereocenters. The van der Waals surface area contributed by atoms with Crippen molar-refractivity contribution in [1.82, 2.24) is 5.32 Å². The highest BCUT2D eigenvalue weighted by atomic mass is 32.1. The van der Waals surface area contributed by atoms with Crippen molar-refractivity contribution in [2.45, 2.75) is 44.8 Å². The smallest absolute Gasteiger partial charge is 0.101 e. The van der Waals surface area contributed by atoms with Crippen LogP contribution >= 0.6 is 11.3 Å².